The van der Waals surface area contributed by atoms with Gasteiger partial charge in [-0.1, -0.05) is 30.6 Å². The molecule has 6 nitrogen and oxygen atoms in total. The van der Waals surface area contributed by atoms with Crippen LogP contribution in [0.15, 0.2) is 0 Å². The minimum atomic E-state index is -0.258. The lowest BCUT2D eigenvalue weighted by molar-refractivity contribution is 0.245. The van der Waals surface area contributed by atoms with Gasteiger partial charge in [-0.3, -0.25) is 5.32 Å². The molecule has 0 unspecified atom stereocenters. The normalized spacial score (nSPS) is 17.4. The Bertz CT molecular complexity index is 446. The zero-order valence-electron chi connectivity index (χ0n) is 12.5. The molecule has 0 bridgehead atoms. The van der Waals surface area contributed by atoms with Gasteiger partial charge in [0.25, 0.3) is 0 Å². The summed E-state index contributed by atoms with van der Waals surface area (Å²) in [6.45, 7) is 2.07. The van der Waals surface area contributed by atoms with Gasteiger partial charge in [0.2, 0.25) is 5.13 Å². The van der Waals surface area contributed by atoms with Crippen LogP contribution in [0.25, 0.3) is 0 Å². The zero-order chi connectivity index (χ0) is 15.1. The maximum atomic E-state index is 11.8. The lowest BCUT2D eigenvalue weighted by Gasteiger charge is -2.18. The van der Waals surface area contributed by atoms with Crippen LogP contribution in [0.5, 0.6) is 0 Å². The van der Waals surface area contributed by atoms with Crippen LogP contribution in [0.3, 0.4) is 0 Å². The second-order valence-electron chi connectivity index (χ2n) is 5.65. The first kappa shape index (κ1) is 16.2. The molecule has 21 heavy (non-hydrogen) atoms. The zero-order valence-corrected chi connectivity index (χ0v) is 13.3. The van der Waals surface area contributed by atoms with Gasteiger partial charge in [-0.15, -0.1) is 10.2 Å². The van der Waals surface area contributed by atoms with Gasteiger partial charge in [0.05, 0.1) is 0 Å². The number of hydrogen-bond acceptors (Lipinski definition) is 5. The van der Waals surface area contributed by atoms with Gasteiger partial charge in [0.1, 0.15) is 5.01 Å². The van der Waals surface area contributed by atoms with Crippen LogP contribution in [-0.4, -0.2) is 34.0 Å². The van der Waals surface area contributed by atoms with E-state index in [0.29, 0.717) is 17.5 Å². The molecule has 0 spiro atoms. The van der Waals surface area contributed by atoms with Crippen LogP contribution in [-0.2, 0) is 0 Å². The molecule has 0 aliphatic heterocycles. The Morgan fingerprint density at radius 3 is 2.86 bits per heavy atom. The number of amides is 2. The van der Waals surface area contributed by atoms with E-state index in [2.05, 4.69) is 20.8 Å². The number of carbonyl (C=O) groups is 1. The predicted molar refractivity (Wildman–Crippen MR) is 83.7 cm³/mol. The molecule has 0 saturated heterocycles. The molecular formula is C14H24N4O2S. The van der Waals surface area contributed by atoms with E-state index in [4.69, 9.17) is 5.11 Å². The summed E-state index contributed by atoms with van der Waals surface area (Å²) in [6, 6.07) is -0.227. The van der Waals surface area contributed by atoms with Gasteiger partial charge in [-0.05, 0) is 32.6 Å². The van der Waals surface area contributed by atoms with Crippen molar-refractivity contribution >= 4 is 22.5 Å². The predicted octanol–water partition coefficient (Wildman–Crippen LogP) is 2.87. The molecule has 1 atom stereocenters. The minimum Gasteiger partial charge on any atom is -0.396 e. The Kier molecular flexibility index (Phi) is 6.38. The maximum Gasteiger partial charge on any atom is 0.321 e. The number of nitrogens with zero attached hydrogens (tertiary/aromatic N) is 2. The van der Waals surface area contributed by atoms with E-state index in [-0.39, 0.29) is 18.7 Å². The third-order valence-electron chi connectivity index (χ3n) is 3.79. The highest BCUT2D eigenvalue weighted by molar-refractivity contribution is 7.15. The molecule has 2 rings (SSSR count). The third kappa shape index (κ3) is 5.24. The molecule has 3 N–H and O–H groups in total. The summed E-state index contributed by atoms with van der Waals surface area (Å²) in [6.07, 6.45) is 7.64. The monoisotopic (exact) mass is 312 g/mol. The van der Waals surface area contributed by atoms with Gasteiger partial charge in [0, 0.05) is 18.6 Å². The summed E-state index contributed by atoms with van der Waals surface area (Å²) in [5, 5.41) is 24.2. The lowest BCUT2D eigenvalue weighted by atomic mass is 9.90. The van der Waals surface area contributed by atoms with E-state index in [1.165, 1.54) is 43.4 Å². The van der Waals surface area contributed by atoms with Gasteiger partial charge < -0.3 is 10.4 Å². The summed E-state index contributed by atoms with van der Waals surface area (Å²) in [5.74, 6) is 0.512. The van der Waals surface area contributed by atoms with E-state index in [0.717, 1.165) is 11.4 Å². The topological polar surface area (TPSA) is 87.1 Å². The quantitative estimate of drug-likeness (QED) is 0.754. The molecule has 1 saturated carbocycles. The minimum absolute atomic E-state index is 0.0305. The van der Waals surface area contributed by atoms with Crippen molar-refractivity contribution < 1.29 is 9.90 Å². The van der Waals surface area contributed by atoms with Crippen molar-refractivity contribution in [2.45, 2.75) is 63.8 Å². The van der Waals surface area contributed by atoms with Crippen LogP contribution in [0.2, 0.25) is 0 Å². The average Bonchev–Trinajstić information content (AvgIpc) is 2.94. The first-order valence-corrected chi connectivity index (χ1v) is 8.52. The highest BCUT2D eigenvalue weighted by atomic mass is 32.1. The first-order chi connectivity index (χ1) is 10.2. The molecule has 1 fully saturated rings. The van der Waals surface area contributed by atoms with Crippen molar-refractivity contribution in [1.29, 1.82) is 0 Å². The molecule has 1 aliphatic carbocycles. The van der Waals surface area contributed by atoms with E-state index in [1.807, 2.05) is 6.92 Å². The van der Waals surface area contributed by atoms with Crippen LogP contribution in [0.1, 0.15) is 62.8 Å². The van der Waals surface area contributed by atoms with Crippen LogP contribution in [0, 0.1) is 0 Å². The van der Waals surface area contributed by atoms with Gasteiger partial charge in [0.15, 0.2) is 0 Å². The number of aromatic nitrogens is 2. The molecule has 7 heteroatoms. The van der Waals surface area contributed by atoms with Crippen molar-refractivity contribution in [3.8, 4) is 0 Å². The van der Waals surface area contributed by atoms with Crippen molar-refractivity contribution in [3.63, 3.8) is 0 Å². The maximum absolute atomic E-state index is 11.8. The Labute approximate surface area is 129 Å². The summed E-state index contributed by atoms with van der Waals surface area (Å²) < 4.78 is 0. The van der Waals surface area contributed by atoms with Crippen molar-refractivity contribution in [2.24, 2.45) is 0 Å². The van der Waals surface area contributed by atoms with Crippen molar-refractivity contribution in [2.75, 3.05) is 11.9 Å². The Hall–Kier alpha value is -1.21. The smallest absolute Gasteiger partial charge is 0.321 e. The number of aliphatic hydroxyl groups excluding tert-OH is 1. The third-order valence-corrected chi connectivity index (χ3v) is 4.79. The summed E-state index contributed by atoms with van der Waals surface area (Å²) >= 11 is 1.48. The van der Waals surface area contributed by atoms with E-state index in [1.54, 1.807) is 0 Å². The average molecular weight is 312 g/mol. The molecule has 118 valence electrons. The van der Waals surface area contributed by atoms with Crippen LogP contribution in [0.4, 0.5) is 9.93 Å². The van der Waals surface area contributed by atoms with Gasteiger partial charge in [-0.2, -0.15) is 0 Å². The van der Waals surface area contributed by atoms with Gasteiger partial charge >= 0.3 is 6.03 Å². The molecule has 1 aromatic heterocycles. The fourth-order valence-electron chi connectivity index (χ4n) is 2.63. The molecular weight excluding hydrogens is 288 g/mol. The standard InChI is InChI=1S/C14H24N4O2S/c1-10(6-5-9-19)15-13(20)16-14-18-17-12(21-14)11-7-3-2-4-8-11/h10-11,19H,2-9H2,1H3,(H2,15,16,18,20)/t10-/m1/s1. The molecule has 0 radical (unpaired) electrons. The first-order valence-electron chi connectivity index (χ1n) is 7.71. The van der Waals surface area contributed by atoms with E-state index >= 15 is 0 Å². The number of rotatable bonds is 6. The second-order valence-corrected chi connectivity index (χ2v) is 6.65. The van der Waals surface area contributed by atoms with E-state index < -0.39 is 0 Å². The van der Waals surface area contributed by atoms with Crippen molar-refractivity contribution in [1.82, 2.24) is 15.5 Å². The largest absolute Gasteiger partial charge is 0.396 e. The fourth-order valence-corrected chi connectivity index (χ4v) is 3.53. The highest BCUT2D eigenvalue weighted by Gasteiger charge is 2.20. The summed E-state index contributed by atoms with van der Waals surface area (Å²) in [4.78, 5) is 11.8. The summed E-state index contributed by atoms with van der Waals surface area (Å²) in [5.41, 5.74) is 0. The molecule has 1 heterocycles. The lowest BCUT2D eigenvalue weighted by Crippen LogP contribution is -2.36. The number of aliphatic hydroxyl groups is 1. The van der Waals surface area contributed by atoms with Crippen molar-refractivity contribution in [3.05, 3.63) is 5.01 Å². The number of urea groups is 1. The molecule has 1 aliphatic rings. The number of carbonyl (C=O) groups excluding carboxylic acids is 1. The number of nitrogens with one attached hydrogen (secondary N) is 2. The molecule has 1 aromatic rings. The fraction of sp³-hybridized carbons (Fsp3) is 0.786. The van der Waals surface area contributed by atoms with Gasteiger partial charge in [-0.25, -0.2) is 4.79 Å². The Balaban J connectivity index is 1.80. The van der Waals surface area contributed by atoms with E-state index in [9.17, 15) is 4.79 Å². The Morgan fingerprint density at radius 2 is 2.14 bits per heavy atom. The number of anilines is 1. The SMILES string of the molecule is C[C@H](CCCO)NC(=O)Nc1nnc(C2CCCCC2)s1. The highest BCUT2D eigenvalue weighted by Crippen LogP contribution is 2.35. The summed E-state index contributed by atoms with van der Waals surface area (Å²) in [7, 11) is 0. The second kappa shape index (κ2) is 8.29. The number of hydrogen-bond donors (Lipinski definition) is 3. The van der Waals surface area contributed by atoms with Crippen LogP contribution < -0.4 is 10.6 Å². The van der Waals surface area contributed by atoms with Crippen LogP contribution >= 0.6 is 11.3 Å². The molecule has 0 aromatic carbocycles. The molecule has 2 amide bonds. The Morgan fingerprint density at radius 1 is 1.38 bits per heavy atom.